The summed E-state index contributed by atoms with van der Waals surface area (Å²) in [5.41, 5.74) is 5.07. The molecule has 2 nitrogen and oxygen atoms in total. The lowest BCUT2D eigenvalue weighted by molar-refractivity contribution is -0.139. The summed E-state index contributed by atoms with van der Waals surface area (Å²) < 4.78 is 45.4. The van der Waals surface area contributed by atoms with Gasteiger partial charge < -0.3 is 10.5 Å². The number of halogens is 4. The number of benzene rings is 1. The lowest BCUT2D eigenvalue weighted by Gasteiger charge is -2.23. The lowest BCUT2D eigenvalue weighted by Crippen LogP contribution is -2.29. The zero-order valence-corrected chi connectivity index (χ0v) is 13.4. The number of nitrogens with two attached hydrogens (primary N) is 1. The van der Waals surface area contributed by atoms with E-state index >= 15 is 0 Å². The summed E-state index contributed by atoms with van der Waals surface area (Å²) in [6.45, 7) is 1.70. The highest BCUT2D eigenvalue weighted by Crippen LogP contribution is 2.39. The Balaban J connectivity index is 2.34. The molecule has 2 N–H and O–H groups in total. The quantitative estimate of drug-likeness (QED) is 0.811. The first kappa shape index (κ1) is 16.3. The number of alkyl halides is 3. The highest BCUT2D eigenvalue weighted by molar-refractivity contribution is 9.11. The molecule has 2 rings (SSSR count). The Bertz CT molecular complexity index is 612. The van der Waals surface area contributed by atoms with Crippen LogP contribution in [0.2, 0.25) is 0 Å². The van der Waals surface area contributed by atoms with Gasteiger partial charge >= 0.3 is 6.18 Å². The first-order valence-corrected chi connectivity index (χ1v) is 7.73. The fourth-order valence-corrected chi connectivity index (χ4v) is 3.42. The summed E-state index contributed by atoms with van der Waals surface area (Å²) >= 11 is 4.71. The molecule has 0 aliphatic rings. The fourth-order valence-electron chi connectivity index (χ4n) is 1.85. The number of para-hydroxylation sites is 1. The largest absolute Gasteiger partial charge is 0.483 e. The van der Waals surface area contributed by atoms with E-state index in [9.17, 15) is 13.2 Å². The molecule has 0 saturated carbocycles. The molecule has 2 unspecified atom stereocenters. The van der Waals surface area contributed by atoms with Crippen molar-refractivity contribution in [3.8, 4) is 5.75 Å². The topological polar surface area (TPSA) is 35.2 Å². The number of ether oxygens (including phenoxy) is 1. The van der Waals surface area contributed by atoms with Gasteiger partial charge in [0, 0.05) is 10.9 Å². The van der Waals surface area contributed by atoms with Crippen LogP contribution in [0.15, 0.2) is 40.2 Å². The van der Waals surface area contributed by atoms with Crippen LogP contribution >= 0.6 is 27.3 Å². The third-order valence-electron chi connectivity index (χ3n) is 2.80. The van der Waals surface area contributed by atoms with Crippen LogP contribution in [0.1, 0.15) is 23.5 Å². The Morgan fingerprint density at radius 1 is 1.19 bits per heavy atom. The standard InChI is InChI=1S/C14H13BrF3NOS/c1-8(19)13(11-6-7-12(15)21-11)20-10-5-3-2-4-9(10)14(16,17)18/h2-8,13H,19H2,1H3. The second-order valence-corrected chi connectivity index (χ2v) is 7.03. The van der Waals surface area contributed by atoms with Gasteiger partial charge in [-0.25, -0.2) is 0 Å². The minimum absolute atomic E-state index is 0.211. The predicted molar refractivity (Wildman–Crippen MR) is 80.5 cm³/mol. The van der Waals surface area contributed by atoms with Gasteiger partial charge in [0.15, 0.2) is 0 Å². The third kappa shape index (κ3) is 3.99. The van der Waals surface area contributed by atoms with E-state index in [1.54, 1.807) is 13.0 Å². The van der Waals surface area contributed by atoms with E-state index in [0.29, 0.717) is 0 Å². The molecular formula is C14H13BrF3NOS. The Kier molecular flexibility index (Phi) is 4.95. The highest BCUT2D eigenvalue weighted by Gasteiger charge is 2.35. The van der Waals surface area contributed by atoms with Crippen molar-refractivity contribution in [2.24, 2.45) is 5.73 Å². The van der Waals surface area contributed by atoms with Crippen LogP contribution in [0, 0.1) is 0 Å². The normalized spacial score (nSPS) is 14.8. The maximum absolute atomic E-state index is 13.0. The van der Waals surface area contributed by atoms with Crippen molar-refractivity contribution in [3.05, 3.63) is 50.6 Å². The Morgan fingerprint density at radius 3 is 2.38 bits per heavy atom. The minimum atomic E-state index is -4.46. The van der Waals surface area contributed by atoms with Gasteiger partial charge in [-0.3, -0.25) is 0 Å². The molecule has 1 heterocycles. The molecule has 0 radical (unpaired) electrons. The lowest BCUT2D eigenvalue weighted by atomic mass is 10.1. The van der Waals surface area contributed by atoms with E-state index in [1.807, 2.05) is 6.07 Å². The first-order chi connectivity index (χ1) is 9.79. The van der Waals surface area contributed by atoms with Crippen LogP contribution in [0.5, 0.6) is 5.75 Å². The SMILES string of the molecule is CC(N)C(Oc1ccccc1C(F)(F)F)c1ccc(Br)s1. The molecule has 0 saturated heterocycles. The average molecular weight is 380 g/mol. The van der Waals surface area contributed by atoms with Gasteiger partial charge in [-0.1, -0.05) is 12.1 Å². The summed E-state index contributed by atoms with van der Waals surface area (Å²) in [4.78, 5) is 0.772. The molecule has 2 atom stereocenters. The molecule has 0 aliphatic heterocycles. The maximum Gasteiger partial charge on any atom is 0.419 e. The zero-order valence-electron chi connectivity index (χ0n) is 11.0. The van der Waals surface area contributed by atoms with Crippen LogP contribution in [0.3, 0.4) is 0 Å². The molecule has 1 aromatic carbocycles. The molecule has 114 valence electrons. The predicted octanol–water partition coefficient (Wildman–Crippen LogP) is 5.00. The Morgan fingerprint density at radius 2 is 1.86 bits per heavy atom. The highest BCUT2D eigenvalue weighted by atomic mass is 79.9. The molecule has 21 heavy (non-hydrogen) atoms. The van der Waals surface area contributed by atoms with Gasteiger partial charge in [-0.15, -0.1) is 11.3 Å². The molecule has 7 heteroatoms. The minimum Gasteiger partial charge on any atom is -0.483 e. The molecule has 0 fully saturated rings. The van der Waals surface area contributed by atoms with Gasteiger partial charge in [0.2, 0.25) is 0 Å². The van der Waals surface area contributed by atoms with Crippen LogP contribution < -0.4 is 10.5 Å². The molecule has 2 aromatic rings. The van der Waals surface area contributed by atoms with Gasteiger partial charge in [0.1, 0.15) is 11.9 Å². The second-order valence-electron chi connectivity index (χ2n) is 4.53. The third-order valence-corrected chi connectivity index (χ3v) is 4.48. The van der Waals surface area contributed by atoms with E-state index < -0.39 is 23.9 Å². The Labute approximate surface area is 132 Å². The number of rotatable bonds is 4. The monoisotopic (exact) mass is 379 g/mol. The molecular weight excluding hydrogens is 367 g/mol. The maximum atomic E-state index is 13.0. The molecule has 1 aromatic heterocycles. The van der Waals surface area contributed by atoms with Crippen molar-refractivity contribution in [1.82, 2.24) is 0 Å². The van der Waals surface area contributed by atoms with Crippen molar-refractivity contribution in [3.63, 3.8) is 0 Å². The van der Waals surface area contributed by atoms with Crippen molar-refractivity contribution < 1.29 is 17.9 Å². The summed E-state index contributed by atoms with van der Waals surface area (Å²) in [7, 11) is 0. The summed E-state index contributed by atoms with van der Waals surface area (Å²) in [5.74, 6) is -0.211. The molecule has 0 aliphatic carbocycles. The molecule has 0 amide bonds. The summed E-state index contributed by atoms with van der Waals surface area (Å²) in [6.07, 6.45) is -5.10. The number of hydrogen-bond donors (Lipinski definition) is 1. The molecule has 0 bridgehead atoms. The van der Waals surface area contributed by atoms with Crippen molar-refractivity contribution >= 4 is 27.3 Å². The van der Waals surface area contributed by atoms with E-state index in [0.717, 1.165) is 14.7 Å². The Hall–Kier alpha value is -1.05. The fraction of sp³-hybridized carbons (Fsp3) is 0.286. The second kappa shape index (κ2) is 6.37. The van der Waals surface area contributed by atoms with Gasteiger partial charge in [-0.2, -0.15) is 13.2 Å². The van der Waals surface area contributed by atoms with E-state index in [4.69, 9.17) is 10.5 Å². The van der Waals surface area contributed by atoms with Gasteiger partial charge in [-0.05, 0) is 47.1 Å². The number of thiophene rings is 1. The van der Waals surface area contributed by atoms with Crippen molar-refractivity contribution in [2.45, 2.75) is 25.2 Å². The van der Waals surface area contributed by atoms with E-state index in [2.05, 4.69) is 15.9 Å². The van der Waals surface area contributed by atoms with E-state index in [-0.39, 0.29) is 5.75 Å². The zero-order chi connectivity index (χ0) is 15.6. The van der Waals surface area contributed by atoms with Crippen LogP contribution in [0.4, 0.5) is 13.2 Å². The summed E-state index contributed by atoms with van der Waals surface area (Å²) in [6, 6.07) is 8.30. The van der Waals surface area contributed by atoms with Gasteiger partial charge in [0.05, 0.1) is 9.35 Å². The number of hydrogen-bond acceptors (Lipinski definition) is 3. The van der Waals surface area contributed by atoms with Crippen molar-refractivity contribution in [2.75, 3.05) is 0 Å². The first-order valence-electron chi connectivity index (χ1n) is 6.12. The smallest absolute Gasteiger partial charge is 0.419 e. The van der Waals surface area contributed by atoms with E-state index in [1.165, 1.54) is 29.5 Å². The average Bonchev–Trinajstić information content (AvgIpc) is 2.81. The summed E-state index contributed by atoms with van der Waals surface area (Å²) in [5, 5.41) is 0. The van der Waals surface area contributed by atoms with Gasteiger partial charge in [0.25, 0.3) is 0 Å². The van der Waals surface area contributed by atoms with Crippen LogP contribution in [-0.4, -0.2) is 6.04 Å². The molecule has 0 spiro atoms. The van der Waals surface area contributed by atoms with Crippen LogP contribution in [0.25, 0.3) is 0 Å². The van der Waals surface area contributed by atoms with Crippen molar-refractivity contribution in [1.29, 1.82) is 0 Å². The van der Waals surface area contributed by atoms with Crippen LogP contribution in [-0.2, 0) is 6.18 Å².